The SMILES string of the molecule is Cc1ccccc1OCCNC(=O)/C=C/c1cc(Cl)c2c(c1)OCO2. The first-order valence-corrected chi connectivity index (χ1v) is 8.25. The Morgan fingerprint density at radius 3 is 3.00 bits per heavy atom. The molecule has 1 heterocycles. The molecule has 25 heavy (non-hydrogen) atoms. The van der Waals surface area contributed by atoms with Gasteiger partial charge in [-0.25, -0.2) is 0 Å². The molecule has 0 atom stereocenters. The van der Waals surface area contributed by atoms with Crippen molar-refractivity contribution in [3.8, 4) is 17.2 Å². The zero-order chi connectivity index (χ0) is 17.6. The molecule has 130 valence electrons. The highest BCUT2D eigenvalue weighted by atomic mass is 35.5. The Labute approximate surface area is 151 Å². The number of halogens is 1. The van der Waals surface area contributed by atoms with Crippen molar-refractivity contribution in [2.75, 3.05) is 19.9 Å². The van der Waals surface area contributed by atoms with Crippen LogP contribution in [0.1, 0.15) is 11.1 Å². The summed E-state index contributed by atoms with van der Waals surface area (Å²) in [6.45, 7) is 2.95. The minimum Gasteiger partial charge on any atom is -0.491 e. The molecule has 0 aromatic heterocycles. The Bertz CT molecular complexity index is 804. The number of carbonyl (C=O) groups is 1. The van der Waals surface area contributed by atoms with Crippen LogP contribution in [0.5, 0.6) is 17.2 Å². The normalized spacial score (nSPS) is 12.4. The minimum absolute atomic E-state index is 0.156. The maximum Gasteiger partial charge on any atom is 0.244 e. The van der Waals surface area contributed by atoms with Crippen LogP contribution in [0.3, 0.4) is 0 Å². The van der Waals surface area contributed by atoms with E-state index < -0.39 is 0 Å². The van der Waals surface area contributed by atoms with Crippen molar-refractivity contribution in [3.63, 3.8) is 0 Å². The number of carbonyl (C=O) groups excluding carboxylic acids is 1. The number of nitrogens with one attached hydrogen (secondary N) is 1. The van der Waals surface area contributed by atoms with Crippen LogP contribution in [0.25, 0.3) is 6.08 Å². The lowest BCUT2D eigenvalue weighted by Crippen LogP contribution is -2.26. The van der Waals surface area contributed by atoms with Crippen molar-refractivity contribution in [2.45, 2.75) is 6.92 Å². The second-order valence-corrected chi connectivity index (χ2v) is 5.88. The minimum atomic E-state index is -0.206. The zero-order valence-corrected chi connectivity index (χ0v) is 14.5. The summed E-state index contributed by atoms with van der Waals surface area (Å²) in [5.74, 6) is 1.74. The topological polar surface area (TPSA) is 56.8 Å². The lowest BCUT2D eigenvalue weighted by molar-refractivity contribution is -0.116. The zero-order valence-electron chi connectivity index (χ0n) is 13.8. The molecule has 0 saturated heterocycles. The lowest BCUT2D eigenvalue weighted by Gasteiger charge is -2.08. The Morgan fingerprint density at radius 1 is 1.32 bits per heavy atom. The molecule has 3 rings (SSSR count). The molecule has 0 radical (unpaired) electrons. The number of fused-ring (bicyclic) bond motifs is 1. The van der Waals surface area contributed by atoms with Crippen molar-refractivity contribution in [1.82, 2.24) is 5.32 Å². The first-order chi connectivity index (χ1) is 12.1. The van der Waals surface area contributed by atoms with E-state index in [1.165, 1.54) is 6.08 Å². The monoisotopic (exact) mass is 359 g/mol. The maximum absolute atomic E-state index is 11.9. The summed E-state index contributed by atoms with van der Waals surface area (Å²) in [6, 6.07) is 11.3. The quantitative estimate of drug-likeness (QED) is 0.632. The standard InChI is InChI=1S/C19H18ClNO4/c1-13-4-2-3-5-16(13)23-9-8-21-18(22)7-6-14-10-15(20)19-17(11-14)24-12-25-19/h2-7,10-11H,8-9,12H2,1H3,(H,21,22)/b7-6+. The fourth-order valence-corrected chi connectivity index (χ4v) is 2.64. The number of para-hydroxylation sites is 1. The lowest BCUT2D eigenvalue weighted by atomic mass is 10.2. The largest absolute Gasteiger partial charge is 0.491 e. The van der Waals surface area contributed by atoms with Crippen LogP contribution in [0.4, 0.5) is 0 Å². The number of rotatable bonds is 6. The van der Waals surface area contributed by atoms with Gasteiger partial charge in [-0.3, -0.25) is 4.79 Å². The van der Waals surface area contributed by atoms with Crippen LogP contribution < -0.4 is 19.5 Å². The number of amides is 1. The third-order valence-corrected chi connectivity index (χ3v) is 3.91. The molecule has 0 aliphatic carbocycles. The average Bonchev–Trinajstić information content (AvgIpc) is 3.07. The van der Waals surface area contributed by atoms with Crippen LogP contribution >= 0.6 is 11.6 Å². The van der Waals surface area contributed by atoms with Gasteiger partial charge < -0.3 is 19.5 Å². The molecule has 1 aliphatic rings. The van der Waals surface area contributed by atoms with Gasteiger partial charge in [-0.2, -0.15) is 0 Å². The van der Waals surface area contributed by atoms with Gasteiger partial charge in [0.05, 0.1) is 11.6 Å². The Balaban J connectivity index is 1.47. The van der Waals surface area contributed by atoms with Crippen LogP contribution in [0.15, 0.2) is 42.5 Å². The number of benzene rings is 2. The van der Waals surface area contributed by atoms with Gasteiger partial charge in [-0.05, 0) is 42.3 Å². The summed E-state index contributed by atoms with van der Waals surface area (Å²) in [5, 5.41) is 3.23. The van der Waals surface area contributed by atoms with Crippen molar-refractivity contribution in [1.29, 1.82) is 0 Å². The first kappa shape index (κ1) is 17.2. The predicted molar refractivity (Wildman–Crippen MR) is 96.3 cm³/mol. The maximum atomic E-state index is 11.9. The molecule has 0 unspecified atom stereocenters. The molecule has 0 spiro atoms. The van der Waals surface area contributed by atoms with E-state index in [1.54, 1.807) is 18.2 Å². The number of hydrogen-bond acceptors (Lipinski definition) is 4. The fourth-order valence-electron chi connectivity index (χ4n) is 2.37. The van der Waals surface area contributed by atoms with Crippen LogP contribution in [0, 0.1) is 6.92 Å². The van der Waals surface area contributed by atoms with Gasteiger partial charge in [0.1, 0.15) is 12.4 Å². The summed E-state index contributed by atoms with van der Waals surface area (Å²) >= 11 is 6.11. The molecule has 6 heteroatoms. The summed E-state index contributed by atoms with van der Waals surface area (Å²) in [4.78, 5) is 11.9. The van der Waals surface area contributed by atoms with Gasteiger partial charge in [0.2, 0.25) is 12.7 Å². The summed E-state index contributed by atoms with van der Waals surface area (Å²) in [6.07, 6.45) is 3.12. The Kier molecular flexibility index (Phi) is 5.46. The van der Waals surface area contributed by atoms with E-state index in [0.717, 1.165) is 16.9 Å². The molecule has 1 N–H and O–H groups in total. The molecule has 5 nitrogen and oxygen atoms in total. The van der Waals surface area contributed by atoms with Crippen molar-refractivity contribution in [2.24, 2.45) is 0 Å². The molecule has 0 bridgehead atoms. The third-order valence-electron chi connectivity index (χ3n) is 3.63. The predicted octanol–water partition coefficient (Wildman–Crippen LogP) is 3.59. The van der Waals surface area contributed by atoms with Gasteiger partial charge in [0.15, 0.2) is 11.5 Å². The van der Waals surface area contributed by atoms with E-state index in [2.05, 4.69) is 5.32 Å². The molecule has 1 amide bonds. The Morgan fingerprint density at radius 2 is 2.16 bits per heavy atom. The number of ether oxygens (including phenoxy) is 3. The third kappa shape index (κ3) is 4.45. The second kappa shape index (κ2) is 7.94. The summed E-state index contributed by atoms with van der Waals surface area (Å²) in [7, 11) is 0. The molecule has 0 saturated carbocycles. The molecule has 2 aromatic rings. The summed E-state index contributed by atoms with van der Waals surface area (Å²) in [5.41, 5.74) is 1.83. The van der Waals surface area contributed by atoms with E-state index in [-0.39, 0.29) is 12.7 Å². The number of hydrogen-bond donors (Lipinski definition) is 1. The van der Waals surface area contributed by atoms with Gasteiger partial charge in [0, 0.05) is 6.08 Å². The molecular weight excluding hydrogens is 342 g/mol. The highest BCUT2D eigenvalue weighted by molar-refractivity contribution is 6.32. The van der Waals surface area contributed by atoms with Crippen molar-refractivity contribution < 1.29 is 19.0 Å². The smallest absolute Gasteiger partial charge is 0.244 e. The van der Waals surface area contributed by atoms with E-state index in [4.69, 9.17) is 25.8 Å². The van der Waals surface area contributed by atoms with Crippen LogP contribution in [0.2, 0.25) is 5.02 Å². The highest BCUT2D eigenvalue weighted by Gasteiger charge is 2.17. The van der Waals surface area contributed by atoms with Crippen molar-refractivity contribution >= 4 is 23.6 Å². The highest BCUT2D eigenvalue weighted by Crippen LogP contribution is 2.40. The number of aryl methyl sites for hydroxylation is 1. The van der Waals surface area contributed by atoms with E-state index in [1.807, 2.05) is 31.2 Å². The van der Waals surface area contributed by atoms with Crippen LogP contribution in [-0.4, -0.2) is 25.9 Å². The molecule has 0 fully saturated rings. The van der Waals surface area contributed by atoms with E-state index in [9.17, 15) is 4.79 Å². The fraction of sp³-hybridized carbons (Fsp3) is 0.211. The molecule has 2 aromatic carbocycles. The van der Waals surface area contributed by atoms with Gasteiger partial charge in [-0.1, -0.05) is 29.8 Å². The Hall–Kier alpha value is -2.66. The van der Waals surface area contributed by atoms with Crippen LogP contribution in [-0.2, 0) is 4.79 Å². The van der Waals surface area contributed by atoms with Gasteiger partial charge in [-0.15, -0.1) is 0 Å². The van der Waals surface area contributed by atoms with Crippen molar-refractivity contribution in [3.05, 3.63) is 58.6 Å². The average molecular weight is 360 g/mol. The van der Waals surface area contributed by atoms with Gasteiger partial charge >= 0.3 is 0 Å². The van der Waals surface area contributed by atoms with E-state index in [0.29, 0.717) is 29.7 Å². The summed E-state index contributed by atoms with van der Waals surface area (Å²) < 4.78 is 16.2. The van der Waals surface area contributed by atoms with Gasteiger partial charge in [0.25, 0.3) is 0 Å². The molecule has 1 aliphatic heterocycles. The second-order valence-electron chi connectivity index (χ2n) is 5.47. The molecular formula is C19H18ClNO4. The first-order valence-electron chi connectivity index (χ1n) is 7.87. The van der Waals surface area contributed by atoms with E-state index >= 15 is 0 Å².